The van der Waals surface area contributed by atoms with Gasteiger partial charge in [-0.3, -0.25) is 4.79 Å². The molecular formula is C13H17NO2. The third-order valence-electron chi connectivity index (χ3n) is 3.22. The van der Waals surface area contributed by atoms with Crippen LogP contribution in [0.15, 0.2) is 24.3 Å². The minimum atomic E-state index is 0.0164. The molecule has 1 aliphatic rings. The average molecular weight is 219 g/mol. The second-order valence-corrected chi connectivity index (χ2v) is 4.10. The molecule has 0 bridgehead atoms. The maximum Gasteiger partial charge on any atom is 0.230 e. The molecule has 0 saturated carbocycles. The summed E-state index contributed by atoms with van der Waals surface area (Å²) in [7, 11) is 0. The van der Waals surface area contributed by atoms with Gasteiger partial charge in [-0.25, -0.2) is 0 Å². The first kappa shape index (κ1) is 11.1. The maximum absolute atomic E-state index is 12.1. The third kappa shape index (κ3) is 1.83. The number of fused-ring (bicyclic) bond motifs is 1. The molecule has 1 amide bonds. The van der Waals surface area contributed by atoms with E-state index < -0.39 is 0 Å². The Kier molecular flexibility index (Phi) is 3.25. The van der Waals surface area contributed by atoms with Crippen LogP contribution in [0.4, 0.5) is 0 Å². The van der Waals surface area contributed by atoms with Gasteiger partial charge in [0.1, 0.15) is 0 Å². The van der Waals surface area contributed by atoms with Crippen LogP contribution in [0.5, 0.6) is 0 Å². The quantitative estimate of drug-likeness (QED) is 0.825. The van der Waals surface area contributed by atoms with Crippen molar-refractivity contribution in [2.75, 3.05) is 19.7 Å². The number of amides is 1. The second kappa shape index (κ2) is 4.66. The summed E-state index contributed by atoms with van der Waals surface area (Å²) in [5.41, 5.74) is 2.43. The number of carbonyl (C=O) groups excluding carboxylic acids is 1. The molecule has 1 atom stereocenters. The summed E-state index contributed by atoms with van der Waals surface area (Å²) in [5, 5.41) is 8.89. The van der Waals surface area contributed by atoms with Gasteiger partial charge in [0.15, 0.2) is 0 Å². The lowest BCUT2D eigenvalue weighted by atomic mass is 9.77. The van der Waals surface area contributed by atoms with Gasteiger partial charge < -0.3 is 10.0 Å². The zero-order chi connectivity index (χ0) is 11.5. The first-order valence-corrected chi connectivity index (χ1v) is 5.75. The molecule has 0 fully saturated rings. The highest BCUT2D eigenvalue weighted by atomic mass is 16.3. The van der Waals surface area contributed by atoms with Gasteiger partial charge in [0.25, 0.3) is 0 Å². The fourth-order valence-electron chi connectivity index (χ4n) is 2.24. The first-order chi connectivity index (χ1) is 7.77. The predicted octanol–water partition coefficient (Wildman–Crippen LogP) is 1.17. The van der Waals surface area contributed by atoms with E-state index in [0.717, 1.165) is 12.0 Å². The highest BCUT2D eigenvalue weighted by molar-refractivity contribution is 5.86. The molecule has 0 radical (unpaired) electrons. The Morgan fingerprint density at radius 1 is 1.50 bits per heavy atom. The van der Waals surface area contributed by atoms with E-state index in [2.05, 4.69) is 6.07 Å². The number of hydrogen-bond donors (Lipinski definition) is 1. The second-order valence-electron chi connectivity index (χ2n) is 4.10. The number of carbonyl (C=O) groups is 1. The molecule has 1 aromatic rings. The van der Waals surface area contributed by atoms with Crippen molar-refractivity contribution < 1.29 is 9.90 Å². The standard InChI is InChI=1S/C13H17NO2/c1-2-14(7-8-15)13(16)12-9-10-5-3-4-6-11(10)12/h3-6,12,15H,2,7-9H2,1H3. The van der Waals surface area contributed by atoms with Crippen LogP contribution in [-0.2, 0) is 11.2 Å². The van der Waals surface area contributed by atoms with Gasteiger partial charge in [0.05, 0.1) is 12.5 Å². The molecular weight excluding hydrogens is 202 g/mol. The van der Waals surface area contributed by atoms with Crippen LogP contribution in [-0.4, -0.2) is 35.6 Å². The van der Waals surface area contributed by atoms with Crippen molar-refractivity contribution in [3.8, 4) is 0 Å². The van der Waals surface area contributed by atoms with E-state index in [1.165, 1.54) is 5.56 Å². The van der Waals surface area contributed by atoms with Crippen molar-refractivity contribution in [2.45, 2.75) is 19.3 Å². The van der Waals surface area contributed by atoms with E-state index in [9.17, 15) is 4.79 Å². The zero-order valence-electron chi connectivity index (χ0n) is 9.52. The summed E-state index contributed by atoms with van der Waals surface area (Å²) in [6, 6.07) is 8.07. The number of hydrogen-bond acceptors (Lipinski definition) is 2. The van der Waals surface area contributed by atoms with Crippen molar-refractivity contribution in [3.05, 3.63) is 35.4 Å². The number of aliphatic hydroxyl groups is 1. The number of nitrogens with zero attached hydrogens (tertiary/aromatic N) is 1. The normalized spacial score (nSPS) is 17.5. The van der Waals surface area contributed by atoms with Gasteiger partial charge in [-0.2, -0.15) is 0 Å². The molecule has 1 unspecified atom stereocenters. The molecule has 2 rings (SSSR count). The molecule has 3 nitrogen and oxygen atoms in total. The minimum absolute atomic E-state index is 0.0164. The van der Waals surface area contributed by atoms with E-state index in [0.29, 0.717) is 13.1 Å². The largest absolute Gasteiger partial charge is 0.395 e. The predicted molar refractivity (Wildman–Crippen MR) is 62.2 cm³/mol. The van der Waals surface area contributed by atoms with E-state index in [-0.39, 0.29) is 18.4 Å². The molecule has 1 aromatic carbocycles. The summed E-state index contributed by atoms with van der Waals surface area (Å²) < 4.78 is 0. The van der Waals surface area contributed by atoms with Gasteiger partial charge in [-0.1, -0.05) is 24.3 Å². The van der Waals surface area contributed by atoms with Gasteiger partial charge in [-0.05, 0) is 24.5 Å². The van der Waals surface area contributed by atoms with Crippen LogP contribution in [0.1, 0.15) is 24.0 Å². The van der Waals surface area contributed by atoms with E-state index in [4.69, 9.17) is 5.11 Å². The Labute approximate surface area is 95.7 Å². The Bertz CT molecular complexity index is 389. The van der Waals surface area contributed by atoms with Crippen LogP contribution in [0.25, 0.3) is 0 Å². The van der Waals surface area contributed by atoms with E-state index in [1.807, 2.05) is 25.1 Å². The fraction of sp³-hybridized carbons (Fsp3) is 0.462. The Morgan fingerprint density at radius 3 is 2.88 bits per heavy atom. The van der Waals surface area contributed by atoms with Gasteiger partial charge in [0, 0.05) is 13.1 Å². The summed E-state index contributed by atoms with van der Waals surface area (Å²) in [6.07, 6.45) is 0.844. The number of benzene rings is 1. The molecule has 0 spiro atoms. The van der Waals surface area contributed by atoms with Crippen molar-refractivity contribution in [2.24, 2.45) is 0 Å². The fourth-order valence-corrected chi connectivity index (χ4v) is 2.24. The average Bonchev–Trinajstić information content (AvgIpc) is 2.27. The van der Waals surface area contributed by atoms with Crippen molar-refractivity contribution in [3.63, 3.8) is 0 Å². The molecule has 1 aliphatic carbocycles. The number of rotatable bonds is 4. The molecule has 86 valence electrons. The lowest BCUT2D eigenvalue weighted by Gasteiger charge is -2.33. The summed E-state index contributed by atoms with van der Waals surface area (Å²) >= 11 is 0. The topological polar surface area (TPSA) is 40.5 Å². The van der Waals surface area contributed by atoms with Gasteiger partial charge in [-0.15, -0.1) is 0 Å². The van der Waals surface area contributed by atoms with Crippen LogP contribution in [0.2, 0.25) is 0 Å². The zero-order valence-corrected chi connectivity index (χ0v) is 9.52. The highest BCUT2D eigenvalue weighted by Gasteiger charge is 2.33. The van der Waals surface area contributed by atoms with Gasteiger partial charge >= 0.3 is 0 Å². The first-order valence-electron chi connectivity index (χ1n) is 5.75. The lowest BCUT2D eigenvalue weighted by molar-refractivity contribution is -0.133. The third-order valence-corrected chi connectivity index (χ3v) is 3.22. The summed E-state index contributed by atoms with van der Waals surface area (Å²) in [5.74, 6) is 0.165. The van der Waals surface area contributed by atoms with Crippen molar-refractivity contribution in [1.82, 2.24) is 4.90 Å². The van der Waals surface area contributed by atoms with Crippen molar-refractivity contribution >= 4 is 5.91 Å². The molecule has 3 heteroatoms. The summed E-state index contributed by atoms with van der Waals surface area (Å²) in [4.78, 5) is 13.8. The molecule has 1 N–H and O–H groups in total. The Hall–Kier alpha value is -1.35. The number of likely N-dealkylation sites (N-methyl/N-ethyl adjacent to an activating group) is 1. The lowest BCUT2D eigenvalue weighted by Crippen LogP contribution is -2.40. The monoisotopic (exact) mass is 219 g/mol. The van der Waals surface area contributed by atoms with E-state index >= 15 is 0 Å². The molecule has 0 heterocycles. The molecule has 0 saturated heterocycles. The number of aliphatic hydroxyl groups excluding tert-OH is 1. The highest BCUT2D eigenvalue weighted by Crippen LogP contribution is 2.35. The van der Waals surface area contributed by atoms with Crippen LogP contribution in [0, 0.1) is 0 Å². The Balaban J connectivity index is 2.08. The van der Waals surface area contributed by atoms with Crippen LogP contribution < -0.4 is 0 Å². The smallest absolute Gasteiger partial charge is 0.230 e. The van der Waals surface area contributed by atoms with Gasteiger partial charge in [0.2, 0.25) is 5.91 Å². The summed E-state index contributed by atoms with van der Waals surface area (Å²) in [6.45, 7) is 3.08. The Morgan fingerprint density at radius 2 is 2.25 bits per heavy atom. The SMILES string of the molecule is CCN(CCO)C(=O)C1Cc2ccccc21. The van der Waals surface area contributed by atoms with Crippen molar-refractivity contribution in [1.29, 1.82) is 0 Å². The van der Waals surface area contributed by atoms with Crippen LogP contribution in [0.3, 0.4) is 0 Å². The minimum Gasteiger partial charge on any atom is -0.395 e. The molecule has 0 aliphatic heterocycles. The van der Waals surface area contributed by atoms with Crippen LogP contribution >= 0.6 is 0 Å². The molecule has 0 aromatic heterocycles. The molecule has 16 heavy (non-hydrogen) atoms. The van der Waals surface area contributed by atoms with E-state index in [1.54, 1.807) is 4.90 Å². The maximum atomic E-state index is 12.1.